The summed E-state index contributed by atoms with van der Waals surface area (Å²) in [5.41, 5.74) is 14.0. The average Bonchev–Trinajstić information content (AvgIpc) is 3.50. The highest BCUT2D eigenvalue weighted by atomic mass is 16.5. The summed E-state index contributed by atoms with van der Waals surface area (Å²) in [6.45, 7) is 4.83. The third kappa shape index (κ3) is 6.35. The Labute approximate surface area is 235 Å². The number of ether oxygens (including phenoxy) is 1. The number of hydrogen-bond donors (Lipinski definition) is 4. The van der Waals surface area contributed by atoms with Crippen molar-refractivity contribution >= 4 is 40.6 Å². The van der Waals surface area contributed by atoms with Crippen LogP contribution in [-0.2, 0) is 24.3 Å². The lowest BCUT2D eigenvalue weighted by Crippen LogP contribution is -2.28. The number of carbonyl (C=O) groups is 4. The van der Waals surface area contributed by atoms with E-state index in [9.17, 15) is 19.2 Å². The minimum atomic E-state index is -0.645. The van der Waals surface area contributed by atoms with Crippen LogP contribution in [0.15, 0.2) is 42.5 Å². The molecule has 0 saturated carbocycles. The number of hydrogen-bond acceptors (Lipinski definition) is 7. The van der Waals surface area contributed by atoms with E-state index in [4.69, 9.17) is 16.2 Å². The van der Waals surface area contributed by atoms with Gasteiger partial charge in [-0.25, -0.2) is 4.98 Å². The molecule has 4 aromatic rings. The van der Waals surface area contributed by atoms with Crippen molar-refractivity contribution < 1.29 is 23.9 Å². The molecule has 13 nitrogen and oxygen atoms in total. The van der Waals surface area contributed by atoms with E-state index >= 15 is 0 Å². The number of anilines is 1. The van der Waals surface area contributed by atoms with Crippen LogP contribution in [0.5, 0.6) is 5.75 Å². The van der Waals surface area contributed by atoms with Gasteiger partial charge in [0.25, 0.3) is 5.91 Å². The molecule has 0 aliphatic heterocycles. The summed E-state index contributed by atoms with van der Waals surface area (Å²) in [4.78, 5) is 53.9. The number of aryl methyl sites for hydroxylation is 3. The van der Waals surface area contributed by atoms with Gasteiger partial charge in [-0.1, -0.05) is 18.2 Å². The number of fused-ring (bicyclic) bond motifs is 1. The Hall–Kier alpha value is -5.20. The zero-order chi connectivity index (χ0) is 29.7. The molecule has 0 saturated heterocycles. The van der Waals surface area contributed by atoms with Gasteiger partial charge in [-0.3, -0.25) is 29.2 Å². The maximum absolute atomic E-state index is 13.2. The number of benzene rings is 2. The number of methoxy groups -OCH3 is 1. The maximum Gasteiger partial charge on any atom is 0.276 e. The first-order chi connectivity index (χ1) is 19.6. The van der Waals surface area contributed by atoms with Crippen LogP contribution in [-0.4, -0.2) is 56.6 Å². The van der Waals surface area contributed by atoms with Crippen LogP contribution in [0.4, 0.5) is 5.95 Å². The van der Waals surface area contributed by atoms with Crippen molar-refractivity contribution in [3.63, 3.8) is 0 Å². The normalized spacial score (nSPS) is 10.9. The van der Waals surface area contributed by atoms with Gasteiger partial charge in [-0.2, -0.15) is 5.10 Å². The minimum Gasteiger partial charge on any atom is -0.494 e. The smallest absolute Gasteiger partial charge is 0.276 e. The van der Waals surface area contributed by atoms with Gasteiger partial charge in [0.2, 0.25) is 23.7 Å². The van der Waals surface area contributed by atoms with Gasteiger partial charge in [-0.15, -0.1) is 0 Å². The van der Waals surface area contributed by atoms with Crippen molar-refractivity contribution in [3.8, 4) is 5.75 Å². The van der Waals surface area contributed by atoms with Gasteiger partial charge in [0, 0.05) is 30.8 Å². The predicted octanol–water partition coefficient (Wildman–Crippen LogP) is 1.77. The largest absolute Gasteiger partial charge is 0.494 e. The maximum atomic E-state index is 13.2. The molecular formula is C28H32N8O5. The fraction of sp³-hybridized carbons (Fsp3) is 0.286. The first kappa shape index (κ1) is 28.8. The molecule has 0 fully saturated rings. The van der Waals surface area contributed by atoms with E-state index in [1.807, 2.05) is 6.92 Å². The van der Waals surface area contributed by atoms with E-state index in [-0.39, 0.29) is 23.8 Å². The van der Waals surface area contributed by atoms with Crippen LogP contribution >= 0.6 is 0 Å². The fourth-order valence-electron chi connectivity index (χ4n) is 4.59. The molecule has 13 heteroatoms. The number of imidazole rings is 1. The summed E-state index contributed by atoms with van der Waals surface area (Å²) >= 11 is 0. The van der Waals surface area contributed by atoms with Crippen LogP contribution in [0, 0.1) is 6.92 Å². The highest BCUT2D eigenvalue weighted by Gasteiger charge is 2.21. The van der Waals surface area contributed by atoms with Crippen molar-refractivity contribution in [2.75, 3.05) is 19.0 Å². The van der Waals surface area contributed by atoms with E-state index in [1.54, 1.807) is 46.5 Å². The molecule has 214 valence electrons. The topological polar surface area (TPSA) is 189 Å². The number of amides is 4. The number of nitrogens with zero attached hydrogens (tertiary/aromatic N) is 4. The highest BCUT2D eigenvalue weighted by Crippen LogP contribution is 2.31. The molecule has 0 radical (unpaired) electrons. The molecule has 2 heterocycles. The summed E-state index contributed by atoms with van der Waals surface area (Å²) in [6.07, 6.45) is 0.465. The number of primary amides is 2. The lowest BCUT2D eigenvalue weighted by Gasteiger charge is -2.13. The lowest BCUT2D eigenvalue weighted by atomic mass is 10.0. The molecule has 4 amide bonds. The van der Waals surface area contributed by atoms with Gasteiger partial charge in [0.15, 0.2) is 0 Å². The molecule has 0 spiro atoms. The summed E-state index contributed by atoms with van der Waals surface area (Å²) in [7, 11) is 1.46. The number of nitrogens with one attached hydrogen (secondary N) is 2. The van der Waals surface area contributed by atoms with Gasteiger partial charge in [-0.05, 0) is 50.1 Å². The Kier molecular flexibility index (Phi) is 8.66. The van der Waals surface area contributed by atoms with Crippen molar-refractivity contribution in [2.45, 2.75) is 39.8 Å². The third-order valence-electron chi connectivity index (χ3n) is 6.49. The second kappa shape index (κ2) is 12.3. The van der Waals surface area contributed by atoms with Crippen LogP contribution in [0.1, 0.15) is 55.8 Å². The second-order valence-corrected chi connectivity index (χ2v) is 9.34. The van der Waals surface area contributed by atoms with Crippen LogP contribution < -0.4 is 26.8 Å². The number of rotatable bonds is 12. The quantitative estimate of drug-likeness (QED) is 0.190. The first-order valence-electron chi connectivity index (χ1n) is 13.0. The zero-order valence-corrected chi connectivity index (χ0v) is 23.1. The molecule has 0 atom stereocenters. The van der Waals surface area contributed by atoms with E-state index in [2.05, 4.69) is 20.7 Å². The first-order valence-corrected chi connectivity index (χ1v) is 13.0. The van der Waals surface area contributed by atoms with Crippen molar-refractivity contribution in [3.05, 3.63) is 70.5 Å². The molecule has 0 unspecified atom stereocenters. The van der Waals surface area contributed by atoms with Crippen LogP contribution in [0.25, 0.3) is 11.0 Å². The molecular weight excluding hydrogens is 528 g/mol. The molecule has 6 N–H and O–H groups in total. The molecule has 41 heavy (non-hydrogen) atoms. The number of aromatic nitrogens is 4. The van der Waals surface area contributed by atoms with Crippen molar-refractivity contribution in [2.24, 2.45) is 11.5 Å². The Morgan fingerprint density at radius 1 is 1.05 bits per heavy atom. The lowest BCUT2D eigenvalue weighted by molar-refractivity contribution is -0.120. The third-order valence-corrected chi connectivity index (χ3v) is 6.49. The molecule has 2 aromatic heterocycles. The standard InChI is InChI=1S/C28H32N8O5/c1-4-36-21(12-16(2)34-36)27(40)33-28-32-20-13-18(25(29)38)14-22(41-3)24(20)35(28)11-7-10-31-23(37)15-17-8-5-6-9-19(17)26(30)39/h5-6,8-9,12-14H,4,7,10-11,15H2,1-3H3,(H2,29,38)(H2,30,39)(H,31,37)(H,32,33,40). The van der Waals surface area contributed by atoms with Gasteiger partial charge in [0.05, 0.1) is 24.7 Å². The summed E-state index contributed by atoms with van der Waals surface area (Å²) in [6, 6.07) is 11.4. The van der Waals surface area contributed by atoms with E-state index in [1.165, 1.54) is 19.2 Å². The van der Waals surface area contributed by atoms with Crippen LogP contribution in [0.3, 0.4) is 0 Å². The second-order valence-electron chi connectivity index (χ2n) is 9.34. The zero-order valence-electron chi connectivity index (χ0n) is 23.1. The molecule has 0 bridgehead atoms. The van der Waals surface area contributed by atoms with Gasteiger partial charge in [0.1, 0.15) is 17.0 Å². The summed E-state index contributed by atoms with van der Waals surface area (Å²) in [5, 5.41) is 10.0. The predicted molar refractivity (Wildman–Crippen MR) is 152 cm³/mol. The molecule has 4 rings (SSSR count). The van der Waals surface area contributed by atoms with Crippen molar-refractivity contribution in [1.29, 1.82) is 0 Å². The van der Waals surface area contributed by atoms with E-state index in [0.29, 0.717) is 65.4 Å². The monoisotopic (exact) mass is 560 g/mol. The van der Waals surface area contributed by atoms with E-state index < -0.39 is 17.7 Å². The van der Waals surface area contributed by atoms with Gasteiger partial charge >= 0.3 is 0 Å². The van der Waals surface area contributed by atoms with E-state index in [0.717, 1.165) is 0 Å². The number of carbonyl (C=O) groups excluding carboxylic acids is 4. The summed E-state index contributed by atoms with van der Waals surface area (Å²) < 4.78 is 8.89. The number of nitrogens with two attached hydrogens (primary N) is 2. The molecule has 2 aromatic carbocycles. The molecule has 0 aliphatic rings. The SMILES string of the molecule is CCn1nc(C)cc1C(=O)Nc1nc2cc(C(N)=O)cc(OC)c2n1CCCNC(=O)Cc1ccccc1C(N)=O. The van der Waals surface area contributed by atoms with Gasteiger partial charge < -0.3 is 26.1 Å². The Bertz CT molecular complexity index is 1640. The average molecular weight is 561 g/mol. The molecule has 0 aliphatic carbocycles. The van der Waals surface area contributed by atoms with Crippen LogP contribution in [0.2, 0.25) is 0 Å². The highest BCUT2D eigenvalue weighted by molar-refractivity contribution is 6.04. The Morgan fingerprint density at radius 3 is 2.49 bits per heavy atom. The Morgan fingerprint density at radius 2 is 1.80 bits per heavy atom. The van der Waals surface area contributed by atoms with Crippen molar-refractivity contribution in [1.82, 2.24) is 24.6 Å². The summed E-state index contributed by atoms with van der Waals surface area (Å²) in [5.74, 6) is -1.33. The fourth-order valence-corrected chi connectivity index (χ4v) is 4.59. The Balaban J connectivity index is 1.56. The minimum absolute atomic E-state index is 0.00265.